The van der Waals surface area contributed by atoms with Crippen molar-refractivity contribution in [2.24, 2.45) is 5.41 Å². The van der Waals surface area contributed by atoms with E-state index in [1.54, 1.807) is 6.20 Å². The van der Waals surface area contributed by atoms with Crippen molar-refractivity contribution in [3.8, 4) is 0 Å². The fourth-order valence-corrected chi connectivity index (χ4v) is 4.41. The van der Waals surface area contributed by atoms with Crippen molar-refractivity contribution in [1.29, 1.82) is 0 Å². The number of thiazole rings is 1. The zero-order chi connectivity index (χ0) is 17.4. The minimum atomic E-state index is -0.552. The first-order valence-corrected chi connectivity index (χ1v) is 9.23. The van der Waals surface area contributed by atoms with Gasteiger partial charge in [0.25, 0.3) is 0 Å². The number of hydrogen-bond donors (Lipinski definition) is 1. The molecule has 0 bridgehead atoms. The van der Waals surface area contributed by atoms with Gasteiger partial charge < -0.3 is 5.32 Å². The van der Waals surface area contributed by atoms with Crippen molar-refractivity contribution in [1.82, 2.24) is 4.98 Å². The number of carbonyl (C=O) groups is 1. The highest BCUT2D eigenvalue weighted by Crippen LogP contribution is 2.51. The van der Waals surface area contributed by atoms with Gasteiger partial charge in [0.15, 0.2) is 5.13 Å². The maximum atomic E-state index is 13.2. The van der Waals surface area contributed by atoms with Gasteiger partial charge in [-0.2, -0.15) is 0 Å². The third-order valence-electron chi connectivity index (χ3n) is 5.04. The highest BCUT2D eigenvalue weighted by atomic mass is 32.1. The lowest BCUT2D eigenvalue weighted by Crippen LogP contribution is -2.37. The van der Waals surface area contributed by atoms with E-state index in [4.69, 9.17) is 0 Å². The number of nitrogens with zero attached hydrogens (tertiary/aromatic N) is 1. The van der Waals surface area contributed by atoms with Crippen LogP contribution in [0.25, 0.3) is 0 Å². The summed E-state index contributed by atoms with van der Waals surface area (Å²) < 4.78 is 0. The van der Waals surface area contributed by atoms with Crippen molar-refractivity contribution in [2.45, 2.75) is 26.2 Å². The number of amides is 1. The Morgan fingerprint density at radius 2 is 2.20 bits per heavy atom. The number of aryl methyl sites for hydroxylation is 1. The Balaban J connectivity index is 1.79. The molecule has 0 saturated heterocycles. The lowest BCUT2D eigenvalue weighted by atomic mass is 9.73. The van der Waals surface area contributed by atoms with E-state index in [9.17, 15) is 4.79 Å². The number of benzene rings is 2. The molecule has 0 unspecified atom stereocenters. The van der Waals surface area contributed by atoms with Gasteiger partial charge in [-0.05, 0) is 48.6 Å². The van der Waals surface area contributed by atoms with Gasteiger partial charge in [0, 0.05) is 17.5 Å². The third-order valence-corrected chi connectivity index (χ3v) is 5.72. The van der Waals surface area contributed by atoms with Crippen molar-refractivity contribution in [2.75, 3.05) is 5.32 Å². The van der Waals surface area contributed by atoms with Gasteiger partial charge >= 0.3 is 0 Å². The van der Waals surface area contributed by atoms with Gasteiger partial charge in [-0.25, -0.2) is 4.98 Å². The standard InChI is InChI=1S/C21H19N2OS/c1-14-6-5-8-15(12-14)18-17-9-4-3-7-16(17)13-21(18,2)19(24)23-20-22-10-11-25-20/h3-5,7-12,18H,13H2,1-2H3,(H,22,23,24)/t18-,21+/m1/s1. The lowest BCUT2D eigenvalue weighted by Gasteiger charge is -2.31. The summed E-state index contributed by atoms with van der Waals surface area (Å²) in [6.45, 7) is 4.10. The maximum absolute atomic E-state index is 13.2. The molecule has 4 rings (SSSR count). The summed E-state index contributed by atoms with van der Waals surface area (Å²) in [7, 11) is 0. The van der Waals surface area contributed by atoms with Crippen LogP contribution >= 0.6 is 11.3 Å². The van der Waals surface area contributed by atoms with Crippen molar-refractivity contribution >= 4 is 22.4 Å². The summed E-state index contributed by atoms with van der Waals surface area (Å²) in [6.07, 6.45) is 2.43. The monoisotopic (exact) mass is 347 g/mol. The number of hydrogen-bond acceptors (Lipinski definition) is 3. The summed E-state index contributed by atoms with van der Waals surface area (Å²) in [4.78, 5) is 17.4. The zero-order valence-corrected chi connectivity index (χ0v) is 15.1. The summed E-state index contributed by atoms with van der Waals surface area (Å²) >= 11 is 1.44. The quantitative estimate of drug-likeness (QED) is 0.753. The number of fused-ring (bicyclic) bond motifs is 1. The minimum Gasteiger partial charge on any atom is -0.301 e. The smallest absolute Gasteiger partial charge is 0.233 e. The van der Waals surface area contributed by atoms with Crippen LogP contribution < -0.4 is 5.32 Å². The Morgan fingerprint density at radius 1 is 1.36 bits per heavy atom. The predicted molar refractivity (Wildman–Crippen MR) is 101 cm³/mol. The second-order valence-electron chi connectivity index (χ2n) is 6.82. The molecule has 1 amide bonds. The van der Waals surface area contributed by atoms with Gasteiger partial charge in [0.1, 0.15) is 0 Å². The first-order chi connectivity index (χ1) is 12.1. The van der Waals surface area contributed by atoms with Gasteiger partial charge in [-0.3, -0.25) is 4.79 Å². The van der Waals surface area contributed by atoms with Crippen LogP contribution in [0.4, 0.5) is 5.13 Å². The first-order valence-electron chi connectivity index (χ1n) is 8.35. The summed E-state index contributed by atoms with van der Waals surface area (Å²) in [5.41, 5.74) is 4.19. The predicted octanol–water partition coefficient (Wildman–Crippen LogP) is 4.58. The molecule has 0 aliphatic heterocycles. The minimum absolute atomic E-state index is 0.0223. The molecule has 4 heteroatoms. The molecule has 2 atom stereocenters. The van der Waals surface area contributed by atoms with Crippen LogP contribution in [0.1, 0.15) is 35.1 Å². The average Bonchev–Trinajstić information content (AvgIpc) is 3.20. The molecule has 0 saturated carbocycles. The largest absolute Gasteiger partial charge is 0.301 e. The molecule has 25 heavy (non-hydrogen) atoms. The van der Waals surface area contributed by atoms with E-state index in [0.29, 0.717) is 5.13 Å². The number of rotatable bonds is 3. The number of anilines is 1. The van der Waals surface area contributed by atoms with E-state index in [1.165, 1.54) is 22.5 Å². The average molecular weight is 347 g/mol. The fourth-order valence-electron chi connectivity index (χ4n) is 3.89. The summed E-state index contributed by atoms with van der Waals surface area (Å²) in [5, 5.41) is 5.54. The fraction of sp³-hybridized carbons (Fsp3) is 0.238. The molecule has 125 valence electrons. The molecule has 1 radical (unpaired) electrons. The molecule has 0 fully saturated rings. The van der Waals surface area contributed by atoms with E-state index in [2.05, 4.69) is 53.6 Å². The molecule has 3 nitrogen and oxygen atoms in total. The first kappa shape index (κ1) is 16.0. The number of aromatic nitrogens is 1. The van der Waals surface area contributed by atoms with Gasteiger partial charge in [-0.1, -0.05) is 42.5 Å². The van der Waals surface area contributed by atoms with Crippen molar-refractivity contribution < 1.29 is 4.79 Å². The van der Waals surface area contributed by atoms with E-state index < -0.39 is 5.41 Å². The second kappa shape index (κ2) is 6.12. The van der Waals surface area contributed by atoms with Crippen LogP contribution in [0.2, 0.25) is 0 Å². The molecule has 1 aromatic heterocycles. The number of nitrogens with one attached hydrogen (secondary N) is 1. The topological polar surface area (TPSA) is 42.0 Å². The van der Waals surface area contributed by atoms with Gasteiger partial charge in [-0.15, -0.1) is 11.3 Å². The van der Waals surface area contributed by atoms with Crippen LogP contribution in [0.5, 0.6) is 0 Å². The van der Waals surface area contributed by atoms with Crippen LogP contribution in [0.3, 0.4) is 0 Å². The zero-order valence-electron chi connectivity index (χ0n) is 14.2. The van der Waals surface area contributed by atoms with E-state index >= 15 is 0 Å². The normalized spacial score (nSPS) is 21.8. The summed E-state index contributed by atoms with van der Waals surface area (Å²) in [5.74, 6) is 0.0473. The van der Waals surface area contributed by atoms with Crippen LogP contribution in [0.15, 0.2) is 54.0 Å². The molecular formula is C21H19N2OS. The molecule has 1 aliphatic rings. The Bertz CT molecular complexity index is 919. The Morgan fingerprint density at radius 3 is 2.96 bits per heavy atom. The van der Waals surface area contributed by atoms with Crippen LogP contribution in [-0.4, -0.2) is 10.9 Å². The Hall–Kier alpha value is -2.46. The Labute approximate surface area is 151 Å². The third kappa shape index (κ3) is 2.76. The van der Waals surface area contributed by atoms with Gasteiger partial charge in [0.05, 0.1) is 5.41 Å². The molecule has 1 heterocycles. The Kier molecular flexibility index (Phi) is 3.92. The van der Waals surface area contributed by atoms with Crippen LogP contribution in [0, 0.1) is 18.4 Å². The molecule has 1 N–H and O–H groups in total. The SMILES string of the molecule is Cc1[c]ccc([C@@H]2c3ccccc3C[C@]2(C)C(=O)Nc2nccs2)c1. The summed E-state index contributed by atoms with van der Waals surface area (Å²) in [6, 6.07) is 17.7. The van der Waals surface area contributed by atoms with Crippen LogP contribution in [-0.2, 0) is 11.2 Å². The molecule has 0 spiro atoms. The highest BCUT2D eigenvalue weighted by molar-refractivity contribution is 7.13. The van der Waals surface area contributed by atoms with E-state index in [0.717, 1.165) is 17.5 Å². The highest BCUT2D eigenvalue weighted by Gasteiger charge is 2.48. The van der Waals surface area contributed by atoms with E-state index in [-0.39, 0.29) is 11.8 Å². The van der Waals surface area contributed by atoms with E-state index in [1.807, 2.05) is 24.4 Å². The molecule has 3 aromatic rings. The molecular weight excluding hydrogens is 328 g/mol. The molecule has 1 aliphatic carbocycles. The lowest BCUT2D eigenvalue weighted by molar-refractivity contribution is -0.125. The van der Waals surface area contributed by atoms with Crippen molar-refractivity contribution in [3.63, 3.8) is 0 Å². The maximum Gasteiger partial charge on any atom is 0.233 e. The second-order valence-corrected chi connectivity index (χ2v) is 7.72. The number of carbonyl (C=O) groups excluding carboxylic acids is 1. The molecule has 2 aromatic carbocycles. The van der Waals surface area contributed by atoms with Crippen molar-refractivity contribution in [3.05, 3.63) is 82.4 Å². The van der Waals surface area contributed by atoms with Gasteiger partial charge in [0.2, 0.25) is 5.91 Å².